The zero-order chi connectivity index (χ0) is 12.5. The zero-order valence-electron chi connectivity index (χ0n) is 10.7. The molecular weight excluding hydrogens is 216 g/mol. The fourth-order valence-corrected chi connectivity index (χ4v) is 3.26. The fraction of sp³-hybridized carbons (Fsp3) is 0.923. The molecule has 2 atom stereocenters. The molecule has 2 fully saturated rings. The van der Waals surface area contributed by atoms with Gasteiger partial charge in [0.15, 0.2) is 0 Å². The first-order chi connectivity index (χ1) is 8.00. The molecule has 0 heterocycles. The van der Waals surface area contributed by atoms with Gasteiger partial charge in [-0.3, -0.25) is 4.79 Å². The van der Waals surface area contributed by atoms with Crippen LogP contribution in [-0.4, -0.2) is 41.1 Å². The Morgan fingerprint density at radius 3 is 2.59 bits per heavy atom. The average molecular weight is 240 g/mol. The summed E-state index contributed by atoms with van der Waals surface area (Å²) in [6.45, 7) is 0.484. The number of amides is 1. The van der Waals surface area contributed by atoms with Gasteiger partial charge in [0.25, 0.3) is 0 Å². The number of rotatable bonds is 3. The number of hydrogen-bond donors (Lipinski definition) is 2. The number of nitrogens with two attached hydrogens (primary N) is 1. The van der Waals surface area contributed by atoms with E-state index in [0.717, 1.165) is 44.9 Å². The maximum absolute atomic E-state index is 12.2. The number of hydrogen-bond acceptors (Lipinski definition) is 3. The summed E-state index contributed by atoms with van der Waals surface area (Å²) in [6.07, 6.45) is 6.47. The molecule has 0 bridgehead atoms. The maximum atomic E-state index is 12.2. The molecule has 4 nitrogen and oxygen atoms in total. The molecule has 1 amide bonds. The van der Waals surface area contributed by atoms with E-state index in [9.17, 15) is 9.90 Å². The zero-order valence-corrected chi connectivity index (χ0v) is 10.7. The first-order valence-electron chi connectivity index (χ1n) is 6.73. The molecule has 0 spiro atoms. The predicted molar refractivity (Wildman–Crippen MR) is 66.4 cm³/mol. The average Bonchev–Trinajstić information content (AvgIpc) is 2.86. The molecule has 2 aliphatic rings. The van der Waals surface area contributed by atoms with Gasteiger partial charge in [-0.2, -0.15) is 0 Å². The van der Waals surface area contributed by atoms with Gasteiger partial charge in [-0.15, -0.1) is 0 Å². The van der Waals surface area contributed by atoms with Crippen LogP contribution in [0.15, 0.2) is 0 Å². The molecule has 0 aromatic heterocycles. The minimum atomic E-state index is -0.634. The van der Waals surface area contributed by atoms with Crippen LogP contribution < -0.4 is 5.73 Å². The highest BCUT2D eigenvalue weighted by Crippen LogP contribution is 2.31. The van der Waals surface area contributed by atoms with Gasteiger partial charge in [0.05, 0.1) is 5.60 Å². The van der Waals surface area contributed by atoms with Crippen molar-refractivity contribution in [1.29, 1.82) is 0 Å². The molecule has 2 rings (SSSR count). The molecule has 17 heavy (non-hydrogen) atoms. The van der Waals surface area contributed by atoms with Crippen molar-refractivity contribution in [2.45, 2.75) is 56.6 Å². The van der Waals surface area contributed by atoms with Gasteiger partial charge in [0.1, 0.15) is 0 Å². The Labute approximate surface area is 103 Å². The summed E-state index contributed by atoms with van der Waals surface area (Å²) in [7, 11) is 1.81. The quantitative estimate of drug-likeness (QED) is 0.769. The van der Waals surface area contributed by atoms with Crippen molar-refractivity contribution in [2.75, 3.05) is 13.6 Å². The van der Waals surface area contributed by atoms with Crippen molar-refractivity contribution in [1.82, 2.24) is 4.90 Å². The monoisotopic (exact) mass is 240 g/mol. The number of carbonyl (C=O) groups excluding carboxylic acids is 1. The lowest BCUT2D eigenvalue weighted by Crippen LogP contribution is -2.44. The first kappa shape index (κ1) is 12.8. The summed E-state index contributed by atoms with van der Waals surface area (Å²) < 4.78 is 0. The van der Waals surface area contributed by atoms with Crippen molar-refractivity contribution < 1.29 is 9.90 Å². The normalized spacial score (nSPS) is 31.7. The molecule has 0 aromatic rings. The Morgan fingerprint density at radius 2 is 2.06 bits per heavy atom. The van der Waals surface area contributed by atoms with Crippen LogP contribution in [0.4, 0.5) is 0 Å². The van der Waals surface area contributed by atoms with Crippen LogP contribution in [0.1, 0.15) is 44.9 Å². The molecule has 2 aliphatic carbocycles. The van der Waals surface area contributed by atoms with E-state index in [1.165, 1.54) is 0 Å². The van der Waals surface area contributed by atoms with Crippen molar-refractivity contribution in [3.05, 3.63) is 0 Å². The standard InChI is InChI=1S/C13H24N2O2/c1-15(9-13(17)6-2-3-7-13)12(16)10-4-5-11(14)8-10/h10-11,17H,2-9,14H2,1H3. The van der Waals surface area contributed by atoms with Crippen molar-refractivity contribution in [3.63, 3.8) is 0 Å². The van der Waals surface area contributed by atoms with Crippen LogP contribution >= 0.6 is 0 Å². The number of likely N-dealkylation sites (N-methyl/N-ethyl adjacent to an activating group) is 1. The highest BCUT2D eigenvalue weighted by Gasteiger charge is 2.36. The third-order valence-corrected chi connectivity index (χ3v) is 4.26. The topological polar surface area (TPSA) is 66.6 Å². The van der Waals surface area contributed by atoms with Crippen LogP contribution in [-0.2, 0) is 4.79 Å². The van der Waals surface area contributed by atoms with E-state index in [0.29, 0.717) is 6.54 Å². The molecule has 2 unspecified atom stereocenters. The lowest BCUT2D eigenvalue weighted by Gasteiger charge is -2.30. The second-order valence-corrected chi connectivity index (χ2v) is 5.90. The number of nitrogens with zero attached hydrogens (tertiary/aromatic N) is 1. The van der Waals surface area contributed by atoms with E-state index in [1.54, 1.807) is 4.90 Å². The Hall–Kier alpha value is -0.610. The molecule has 0 aliphatic heterocycles. The number of aliphatic hydroxyl groups is 1. The smallest absolute Gasteiger partial charge is 0.225 e. The molecule has 2 saturated carbocycles. The van der Waals surface area contributed by atoms with Gasteiger partial charge >= 0.3 is 0 Å². The Morgan fingerprint density at radius 1 is 1.41 bits per heavy atom. The summed E-state index contributed by atoms with van der Waals surface area (Å²) in [5.41, 5.74) is 5.20. The lowest BCUT2D eigenvalue weighted by atomic mass is 10.0. The highest BCUT2D eigenvalue weighted by molar-refractivity contribution is 5.79. The second kappa shape index (κ2) is 4.94. The molecule has 0 aromatic carbocycles. The van der Waals surface area contributed by atoms with E-state index in [-0.39, 0.29) is 17.9 Å². The Bertz CT molecular complexity index is 287. The van der Waals surface area contributed by atoms with Crippen LogP contribution in [0.3, 0.4) is 0 Å². The first-order valence-corrected chi connectivity index (χ1v) is 6.73. The van der Waals surface area contributed by atoms with Crippen LogP contribution in [0.5, 0.6) is 0 Å². The molecular formula is C13H24N2O2. The summed E-state index contributed by atoms with van der Waals surface area (Å²) in [5.74, 6) is 0.248. The Balaban J connectivity index is 1.86. The van der Waals surface area contributed by atoms with Crippen molar-refractivity contribution in [2.24, 2.45) is 11.7 Å². The highest BCUT2D eigenvalue weighted by atomic mass is 16.3. The molecule has 0 radical (unpaired) electrons. The van der Waals surface area contributed by atoms with E-state index < -0.39 is 5.60 Å². The van der Waals surface area contributed by atoms with E-state index in [1.807, 2.05) is 7.05 Å². The number of carbonyl (C=O) groups is 1. The minimum Gasteiger partial charge on any atom is -0.388 e. The lowest BCUT2D eigenvalue weighted by molar-refractivity contribution is -0.137. The van der Waals surface area contributed by atoms with E-state index in [4.69, 9.17) is 5.73 Å². The third-order valence-electron chi connectivity index (χ3n) is 4.26. The largest absolute Gasteiger partial charge is 0.388 e. The molecule has 3 N–H and O–H groups in total. The predicted octanol–water partition coefficient (Wildman–Crippen LogP) is 0.877. The van der Waals surface area contributed by atoms with E-state index in [2.05, 4.69) is 0 Å². The SMILES string of the molecule is CN(CC1(O)CCCC1)C(=O)C1CCC(N)C1. The Kier molecular flexibility index (Phi) is 3.73. The van der Waals surface area contributed by atoms with Gasteiger partial charge in [0, 0.05) is 25.6 Å². The fourth-order valence-electron chi connectivity index (χ4n) is 3.26. The summed E-state index contributed by atoms with van der Waals surface area (Å²) in [5, 5.41) is 10.3. The van der Waals surface area contributed by atoms with Crippen LogP contribution in [0.25, 0.3) is 0 Å². The molecule has 4 heteroatoms. The summed E-state index contributed by atoms with van der Waals surface area (Å²) in [4.78, 5) is 13.9. The van der Waals surface area contributed by atoms with Gasteiger partial charge in [0.2, 0.25) is 5.91 Å². The van der Waals surface area contributed by atoms with Crippen LogP contribution in [0, 0.1) is 5.92 Å². The van der Waals surface area contributed by atoms with Gasteiger partial charge in [-0.1, -0.05) is 12.8 Å². The van der Waals surface area contributed by atoms with Crippen LogP contribution in [0.2, 0.25) is 0 Å². The van der Waals surface area contributed by atoms with Crippen molar-refractivity contribution in [3.8, 4) is 0 Å². The molecule has 98 valence electrons. The minimum absolute atomic E-state index is 0.0833. The summed E-state index contributed by atoms with van der Waals surface area (Å²) in [6, 6.07) is 0.187. The maximum Gasteiger partial charge on any atom is 0.225 e. The third kappa shape index (κ3) is 2.99. The van der Waals surface area contributed by atoms with Gasteiger partial charge in [-0.05, 0) is 32.1 Å². The second-order valence-electron chi connectivity index (χ2n) is 5.90. The van der Waals surface area contributed by atoms with Crippen molar-refractivity contribution >= 4 is 5.91 Å². The van der Waals surface area contributed by atoms with E-state index >= 15 is 0 Å². The molecule has 0 saturated heterocycles. The van der Waals surface area contributed by atoms with Gasteiger partial charge in [-0.25, -0.2) is 0 Å². The van der Waals surface area contributed by atoms with Gasteiger partial charge < -0.3 is 15.7 Å². The summed E-state index contributed by atoms with van der Waals surface area (Å²) >= 11 is 0.